The number of anilines is 1. The highest BCUT2D eigenvalue weighted by atomic mass is 32.2. The van der Waals surface area contributed by atoms with Gasteiger partial charge < -0.3 is 10.2 Å². The highest BCUT2D eigenvalue weighted by Gasteiger charge is 2.34. The molecule has 0 saturated carbocycles. The normalized spacial score (nSPS) is 16.1. The number of thioether (sulfide) groups is 1. The molecule has 1 heterocycles. The Morgan fingerprint density at radius 2 is 1.95 bits per heavy atom. The van der Waals surface area contributed by atoms with Crippen molar-refractivity contribution in [2.45, 2.75) is 6.18 Å². The van der Waals surface area contributed by atoms with Gasteiger partial charge in [-0.25, -0.2) is 0 Å². The highest BCUT2D eigenvalue weighted by molar-refractivity contribution is 7.99. The topological polar surface area (TPSA) is 32.3 Å². The van der Waals surface area contributed by atoms with E-state index in [0.29, 0.717) is 13.1 Å². The SMILES string of the molecule is CNc1ccc(C(=O)N2CCSCC2)cc1C(F)(F)F. The van der Waals surface area contributed by atoms with Crippen LogP contribution in [-0.4, -0.2) is 42.4 Å². The van der Waals surface area contributed by atoms with Gasteiger partial charge >= 0.3 is 6.18 Å². The second-order valence-electron chi connectivity index (χ2n) is 4.41. The van der Waals surface area contributed by atoms with Crippen molar-refractivity contribution in [3.8, 4) is 0 Å². The van der Waals surface area contributed by atoms with Crippen LogP contribution < -0.4 is 5.32 Å². The van der Waals surface area contributed by atoms with Crippen LogP contribution in [0.25, 0.3) is 0 Å². The van der Waals surface area contributed by atoms with E-state index in [1.807, 2.05) is 0 Å². The lowest BCUT2D eigenvalue weighted by Gasteiger charge is -2.26. The number of hydrogen-bond donors (Lipinski definition) is 1. The molecule has 7 heteroatoms. The Labute approximate surface area is 119 Å². The Kier molecular flexibility index (Phi) is 4.47. The van der Waals surface area contributed by atoms with Crippen molar-refractivity contribution in [3.05, 3.63) is 29.3 Å². The molecule has 1 aliphatic rings. The molecule has 1 amide bonds. The third-order valence-corrected chi connectivity index (χ3v) is 4.08. The first kappa shape index (κ1) is 15.0. The Balaban J connectivity index is 2.30. The lowest BCUT2D eigenvalue weighted by molar-refractivity contribution is -0.136. The summed E-state index contributed by atoms with van der Waals surface area (Å²) in [5.74, 6) is 1.32. The van der Waals surface area contributed by atoms with E-state index < -0.39 is 11.7 Å². The Morgan fingerprint density at radius 3 is 2.50 bits per heavy atom. The van der Waals surface area contributed by atoms with E-state index in [0.717, 1.165) is 17.6 Å². The molecule has 1 aliphatic heterocycles. The summed E-state index contributed by atoms with van der Waals surface area (Å²) in [5, 5.41) is 2.50. The maximum absolute atomic E-state index is 13.0. The predicted octanol–water partition coefficient (Wildman–Crippen LogP) is 2.94. The Hall–Kier alpha value is -1.37. The molecule has 1 aromatic rings. The minimum absolute atomic E-state index is 0.0248. The van der Waals surface area contributed by atoms with Crippen LogP contribution in [0.1, 0.15) is 15.9 Å². The lowest BCUT2D eigenvalue weighted by Crippen LogP contribution is -2.38. The van der Waals surface area contributed by atoms with E-state index in [9.17, 15) is 18.0 Å². The van der Waals surface area contributed by atoms with Gasteiger partial charge in [-0.05, 0) is 18.2 Å². The molecule has 0 aromatic heterocycles. The zero-order valence-corrected chi connectivity index (χ0v) is 11.8. The van der Waals surface area contributed by atoms with Crippen LogP contribution in [0.15, 0.2) is 18.2 Å². The maximum atomic E-state index is 13.0. The lowest BCUT2D eigenvalue weighted by atomic mass is 10.1. The summed E-state index contributed by atoms with van der Waals surface area (Å²) in [7, 11) is 1.42. The van der Waals surface area contributed by atoms with E-state index in [2.05, 4.69) is 5.32 Å². The van der Waals surface area contributed by atoms with Crippen LogP contribution >= 0.6 is 11.8 Å². The van der Waals surface area contributed by atoms with E-state index in [-0.39, 0.29) is 17.2 Å². The van der Waals surface area contributed by atoms with Gasteiger partial charge in [-0.3, -0.25) is 4.79 Å². The van der Waals surface area contributed by atoms with E-state index in [4.69, 9.17) is 0 Å². The molecular formula is C13H15F3N2OS. The molecule has 2 rings (SSSR count). The number of halogens is 3. The predicted molar refractivity (Wildman–Crippen MR) is 74.2 cm³/mol. The average molecular weight is 304 g/mol. The van der Waals surface area contributed by atoms with Gasteiger partial charge in [0.05, 0.1) is 5.56 Å². The Bertz CT molecular complexity index is 499. The number of carbonyl (C=O) groups is 1. The van der Waals surface area contributed by atoms with Crippen LogP contribution in [0.4, 0.5) is 18.9 Å². The highest BCUT2D eigenvalue weighted by Crippen LogP contribution is 2.35. The molecular weight excluding hydrogens is 289 g/mol. The molecule has 3 nitrogen and oxygen atoms in total. The summed E-state index contributed by atoms with van der Waals surface area (Å²) < 4.78 is 38.9. The van der Waals surface area contributed by atoms with Gasteiger partial charge in [0, 0.05) is 42.9 Å². The standard InChI is InChI=1S/C13H15F3N2OS/c1-17-11-3-2-9(8-10(11)13(14,15)16)12(19)18-4-6-20-7-5-18/h2-3,8,17H,4-7H2,1H3. The molecule has 0 spiro atoms. The zero-order chi connectivity index (χ0) is 14.8. The monoisotopic (exact) mass is 304 g/mol. The molecule has 0 radical (unpaired) electrons. The van der Waals surface area contributed by atoms with Gasteiger partial charge in [-0.2, -0.15) is 24.9 Å². The average Bonchev–Trinajstić information content (AvgIpc) is 2.46. The first-order valence-electron chi connectivity index (χ1n) is 6.19. The fraction of sp³-hybridized carbons (Fsp3) is 0.462. The van der Waals surface area contributed by atoms with Gasteiger partial charge in [-0.1, -0.05) is 0 Å². The molecule has 1 N–H and O–H groups in total. The number of nitrogens with one attached hydrogen (secondary N) is 1. The molecule has 0 aliphatic carbocycles. The van der Waals surface area contributed by atoms with Crippen LogP contribution in [0.3, 0.4) is 0 Å². The summed E-state index contributed by atoms with van der Waals surface area (Å²) in [5.41, 5.74) is -0.747. The van der Waals surface area contributed by atoms with E-state index in [1.54, 1.807) is 16.7 Å². The number of hydrogen-bond acceptors (Lipinski definition) is 3. The smallest absolute Gasteiger partial charge is 0.388 e. The maximum Gasteiger partial charge on any atom is 0.418 e. The number of carbonyl (C=O) groups excluding carboxylic acids is 1. The molecule has 0 atom stereocenters. The first-order chi connectivity index (χ1) is 9.43. The number of benzene rings is 1. The fourth-order valence-corrected chi connectivity index (χ4v) is 2.98. The van der Waals surface area contributed by atoms with Crippen molar-refractivity contribution in [3.63, 3.8) is 0 Å². The van der Waals surface area contributed by atoms with Crippen molar-refractivity contribution in [2.24, 2.45) is 0 Å². The second-order valence-corrected chi connectivity index (χ2v) is 5.64. The number of nitrogens with zero attached hydrogens (tertiary/aromatic N) is 1. The molecule has 110 valence electrons. The van der Waals surface area contributed by atoms with Gasteiger partial charge in [-0.15, -0.1) is 0 Å². The quantitative estimate of drug-likeness (QED) is 0.912. The summed E-state index contributed by atoms with van der Waals surface area (Å²) in [6, 6.07) is 3.66. The van der Waals surface area contributed by atoms with Crippen molar-refractivity contribution in [1.29, 1.82) is 0 Å². The largest absolute Gasteiger partial charge is 0.418 e. The minimum atomic E-state index is -4.48. The van der Waals surface area contributed by atoms with Gasteiger partial charge in [0.25, 0.3) is 5.91 Å². The van der Waals surface area contributed by atoms with Crippen LogP contribution in [0, 0.1) is 0 Å². The van der Waals surface area contributed by atoms with Crippen LogP contribution in [0.5, 0.6) is 0 Å². The molecule has 1 aromatic carbocycles. The summed E-state index contributed by atoms with van der Waals surface area (Å²) in [4.78, 5) is 13.8. The van der Waals surface area contributed by atoms with Gasteiger partial charge in [0.1, 0.15) is 0 Å². The summed E-state index contributed by atoms with van der Waals surface area (Å²) in [6.07, 6.45) is -4.48. The summed E-state index contributed by atoms with van der Waals surface area (Å²) in [6.45, 7) is 1.16. The minimum Gasteiger partial charge on any atom is -0.388 e. The van der Waals surface area contributed by atoms with E-state index in [1.165, 1.54) is 19.2 Å². The van der Waals surface area contributed by atoms with Crippen molar-refractivity contribution < 1.29 is 18.0 Å². The molecule has 0 unspecified atom stereocenters. The van der Waals surface area contributed by atoms with E-state index >= 15 is 0 Å². The van der Waals surface area contributed by atoms with Crippen molar-refractivity contribution in [1.82, 2.24) is 4.90 Å². The van der Waals surface area contributed by atoms with Crippen molar-refractivity contribution in [2.75, 3.05) is 37.0 Å². The number of rotatable bonds is 2. The number of alkyl halides is 3. The van der Waals surface area contributed by atoms with Gasteiger partial charge in [0.2, 0.25) is 0 Å². The molecule has 20 heavy (non-hydrogen) atoms. The zero-order valence-electron chi connectivity index (χ0n) is 11.0. The molecule has 1 saturated heterocycles. The summed E-state index contributed by atoms with van der Waals surface area (Å²) >= 11 is 1.74. The third kappa shape index (κ3) is 3.20. The third-order valence-electron chi connectivity index (χ3n) is 3.14. The first-order valence-corrected chi connectivity index (χ1v) is 7.35. The fourth-order valence-electron chi connectivity index (χ4n) is 2.08. The van der Waals surface area contributed by atoms with Gasteiger partial charge in [0.15, 0.2) is 0 Å². The van der Waals surface area contributed by atoms with Crippen LogP contribution in [0.2, 0.25) is 0 Å². The van der Waals surface area contributed by atoms with Crippen LogP contribution in [-0.2, 0) is 6.18 Å². The molecule has 0 bridgehead atoms. The second kappa shape index (κ2) is 5.95. The number of amides is 1. The Morgan fingerprint density at radius 1 is 1.30 bits per heavy atom. The van der Waals surface area contributed by atoms with Crippen molar-refractivity contribution >= 4 is 23.4 Å². The molecule has 1 fully saturated rings.